The van der Waals surface area contributed by atoms with Gasteiger partial charge in [0.2, 0.25) is 0 Å². The van der Waals surface area contributed by atoms with Crippen LogP contribution in [0.15, 0.2) is 41.3 Å². The fourth-order valence-corrected chi connectivity index (χ4v) is 5.69. The van der Waals surface area contributed by atoms with Gasteiger partial charge in [0.05, 0.1) is 4.91 Å². The van der Waals surface area contributed by atoms with Gasteiger partial charge in [-0.05, 0) is 56.4 Å². The van der Waals surface area contributed by atoms with E-state index in [0.29, 0.717) is 16.9 Å². The molecule has 146 valence electrons. The summed E-state index contributed by atoms with van der Waals surface area (Å²) in [5.41, 5.74) is 4.92. The highest BCUT2D eigenvalue weighted by molar-refractivity contribution is 8.26. The Labute approximate surface area is 176 Å². The van der Waals surface area contributed by atoms with Crippen molar-refractivity contribution >= 4 is 40.3 Å². The molecule has 0 unspecified atom stereocenters. The summed E-state index contributed by atoms with van der Waals surface area (Å²) in [6.07, 6.45) is 8.01. The lowest BCUT2D eigenvalue weighted by Crippen LogP contribution is -2.30. The first kappa shape index (κ1) is 19.5. The molecular formula is C23H26N2OS2. The van der Waals surface area contributed by atoms with Gasteiger partial charge in [-0.25, -0.2) is 0 Å². The number of aromatic nitrogens is 1. The molecule has 0 spiro atoms. The van der Waals surface area contributed by atoms with Gasteiger partial charge in [-0.1, -0.05) is 67.2 Å². The van der Waals surface area contributed by atoms with Crippen LogP contribution in [0, 0.1) is 13.8 Å². The van der Waals surface area contributed by atoms with E-state index < -0.39 is 0 Å². The number of aryl methyl sites for hydroxylation is 1. The average Bonchev–Trinajstić information content (AvgIpc) is 3.36. The molecule has 28 heavy (non-hydrogen) atoms. The highest BCUT2D eigenvalue weighted by atomic mass is 32.2. The topological polar surface area (TPSA) is 25.2 Å². The van der Waals surface area contributed by atoms with Crippen molar-refractivity contribution in [3.63, 3.8) is 0 Å². The third-order valence-corrected chi connectivity index (χ3v) is 7.22. The van der Waals surface area contributed by atoms with Gasteiger partial charge in [0, 0.05) is 24.0 Å². The number of carbonyl (C=O) groups is 1. The maximum Gasteiger partial charge on any atom is 0.266 e. The van der Waals surface area contributed by atoms with Crippen molar-refractivity contribution in [1.82, 2.24) is 9.47 Å². The minimum absolute atomic E-state index is 0.0385. The van der Waals surface area contributed by atoms with E-state index in [2.05, 4.69) is 36.6 Å². The molecule has 4 rings (SSSR count). The Morgan fingerprint density at radius 2 is 1.89 bits per heavy atom. The van der Waals surface area contributed by atoms with Crippen LogP contribution in [0.4, 0.5) is 0 Å². The van der Waals surface area contributed by atoms with Crippen molar-refractivity contribution in [3.8, 4) is 0 Å². The number of carbonyl (C=O) groups excluding carboxylic acids is 1. The van der Waals surface area contributed by atoms with Crippen LogP contribution in [-0.4, -0.2) is 26.2 Å². The van der Waals surface area contributed by atoms with Gasteiger partial charge >= 0.3 is 0 Å². The molecule has 1 aliphatic heterocycles. The van der Waals surface area contributed by atoms with E-state index in [1.54, 1.807) is 4.90 Å². The van der Waals surface area contributed by atoms with E-state index in [9.17, 15) is 4.79 Å². The number of amides is 1. The Hall–Kier alpha value is -1.85. The lowest BCUT2D eigenvalue weighted by atomic mass is 10.1. The molecule has 1 aromatic heterocycles. The highest BCUT2D eigenvalue weighted by Crippen LogP contribution is 2.36. The predicted molar refractivity (Wildman–Crippen MR) is 121 cm³/mol. The molecule has 1 aromatic carbocycles. The second kappa shape index (κ2) is 8.26. The third-order valence-electron chi connectivity index (χ3n) is 5.84. The van der Waals surface area contributed by atoms with Crippen molar-refractivity contribution in [3.05, 3.63) is 63.8 Å². The van der Waals surface area contributed by atoms with Crippen LogP contribution >= 0.6 is 24.0 Å². The van der Waals surface area contributed by atoms with Gasteiger partial charge in [0.25, 0.3) is 5.91 Å². The molecule has 2 fully saturated rings. The van der Waals surface area contributed by atoms with Crippen molar-refractivity contribution < 1.29 is 4.79 Å². The third kappa shape index (κ3) is 3.83. The van der Waals surface area contributed by atoms with Gasteiger partial charge in [-0.3, -0.25) is 9.69 Å². The number of hydrogen-bond acceptors (Lipinski definition) is 3. The summed E-state index contributed by atoms with van der Waals surface area (Å²) in [5.74, 6) is 0.0385. The Morgan fingerprint density at radius 3 is 2.61 bits per heavy atom. The standard InChI is InChI=1S/C23H26N2OS2/c1-16-14-19(17(2)25(16)20-10-6-7-11-20)15-21-22(26)24(23(27)28-21)13-12-18-8-4-3-5-9-18/h3-5,8-9,14-15,20H,6-7,10-13H2,1-2H3/b21-15-. The molecule has 0 atom stereocenters. The van der Waals surface area contributed by atoms with E-state index in [4.69, 9.17) is 12.2 Å². The van der Waals surface area contributed by atoms with E-state index in [0.717, 1.165) is 16.9 Å². The van der Waals surface area contributed by atoms with E-state index >= 15 is 0 Å². The fraction of sp³-hybridized carbons (Fsp3) is 0.391. The molecule has 0 bridgehead atoms. The minimum Gasteiger partial charge on any atom is -0.346 e. The smallest absolute Gasteiger partial charge is 0.266 e. The van der Waals surface area contributed by atoms with E-state index in [1.807, 2.05) is 24.3 Å². The largest absolute Gasteiger partial charge is 0.346 e. The molecule has 5 heteroatoms. The zero-order valence-electron chi connectivity index (χ0n) is 16.5. The maximum absolute atomic E-state index is 12.9. The summed E-state index contributed by atoms with van der Waals surface area (Å²) < 4.78 is 3.13. The first-order valence-corrected chi connectivity index (χ1v) is 11.2. The number of rotatable bonds is 5. The first-order chi connectivity index (χ1) is 13.5. The van der Waals surface area contributed by atoms with Gasteiger partial charge in [-0.15, -0.1) is 0 Å². The second-order valence-corrected chi connectivity index (χ2v) is 9.38. The van der Waals surface area contributed by atoms with Crippen LogP contribution in [0.5, 0.6) is 0 Å². The molecule has 1 amide bonds. The molecule has 1 aliphatic carbocycles. The van der Waals surface area contributed by atoms with Crippen molar-refractivity contribution in [1.29, 1.82) is 0 Å². The molecule has 2 heterocycles. The summed E-state index contributed by atoms with van der Waals surface area (Å²) in [6, 6.07) is 13.1. The molecule has 0 N–H and O–H groups in total. The monoisotopic (exact) mass is 410 g/mol. The molecule has 3 nitrogen and oxygen atoms in total. The number of thiocarbonyl (C=S) groups is 1. The molecule has 2 aliphatic rings. The van der Waals surface area contributed by atoms with E-state index in [-0.39, 0.29) is 5.91 Å². The zero-order chi connectivity index (χ0) is 19.7. The van der Waals surface area contributed by atoms with Crippen LogP contribution in [0.1, 0.15) is 54.2 Å². The number of benzene rings is 1. The minimum atomic E-state index is 0.0385. The number of hydrogen-bond donors (Lipinski definition) is 0. The normalized spacial score (nSPS) is 19.4. The Morgan fingerprint density at radius 1 is 1.18 bits per heavy atom. The maximum atomic E-state index is 12.9. The fourth-order valence-electron chi connectivity index (χ4n) is 4.39. The van der Waals surface area contributed by atoms with Crippen LogP contribution < -0.4 is 0 Å². The van der Waals surface area contributed by atoms with Gasteiger partial charge in [0.15, 0.2) is 0 Å². The molecule has 0 radical (unpaired) electrons. The van der Waals surface area contributed by atoms with Gasteiger partial charge in [0.1, 0.15) is 4.32 Å². The predicted octanol–water partition coefficient (Wildman–Crippen LogP) is 5.66. The SMILES string of the molecule is Cc1cc(/C=C2\SC(=S)N(CCc3ccccc3)C2=O)c(C)n1C1CCCC1. The Bertz CT molecular complexity index is 924. The van der Waals surface area contributed by atoms with Crippen LogP contribution in [0.3, 0.4) is 0 Å². The highest BCUT2D eigenvalue weighted by Gasteiger charge is 2.32. The van der Waals surface area contributed by atoms with Crippen molar-refractivity contribution in [2.75, 3.05) is 6.54 Å². The number of thioether (sulfide) groups is 1. The quantitative estimate of drug-likeness (QED) is 0.469. The van der Waals surface area contributed by atoms with Crippen molar-refractivity contribution in [2.45, 2.75) is 52.0 Å². The van der Waals surface area contributed by atoms with Crippen LogP contribution in [0.2, 0.25) is 0 Å². The molecule has 2 aromatic rings. The zero-order valence-corrected chi connectivity index (χ0v) is 18.1. The lowest BCUT2D eigenvalue weighted by molar-refractivity contribution is -0.122. The Balaban J connectivity index is 1.52. The van der Waals surface area contributed by atoms with Gasteiger partial charge < -0.3 is 4.57 Å². The summed E-state index contributed by atoms with van der Waals surface area (Å²) >= 11 is 6.93. The summed E-state index contributed by atoms with van der Waals surface area (Å²) in [6.45, 7) is 4.98. The van der Waals surface area contributed by atoms with E-state index in [1.165, 1.54) is 54.4 Å². The van der Waals surface area contributed by atoms with Crippen molar-refractivity contribution in [2.24, 2.45) is 0 Å². The van der Waals surface area contributed by atoms with Gasteiger partial charge in [-0.2, -0.15) is 0 Å². The molecule has 1 saturated heterocycles. The second-order valence-electron chi connectivity index (χ2n) is 7.70. The average molecular weight is 411 g/mol. The summed E-state index contributed by atoms with van der Waals surface area (Å²) in [4.78, 5) is 15.4. The molecular weight excluding hydrogens is 384 g/mol. The first-order valence-electron chi connectivity index (χ1n) is 10.0. The summed E-state index contributed by atoms with van der Waals surface area (Å²) in [5, 5.41) is 0. The Kier molecular flexibility index (Phi) is 5.74. The van der Waals surface area contributed by atoms with Crippen LogP contribution in [-0.2, 0) is 11.2 Å². The van der Waals surface area contributed by atoms with Crippen LogP contribution in [0.25, 0.3) is 6.08 Å². The summed E-state index contributed by atoms with van der Waals surface area (Å²) in [7, 11) is 0. The molecule has 1 saturated carbocycles. The lowest BCUT2D eigenvalue weighted by Gasteiger charge is -2.17. The number of nitrogens with zero attached hydrogens (tertiary/aromatic N) is 2.